The Balaban J connectivity index is 1.69. The van der Waals surface area contributed by atoms with Crippen molar-refractivity contribution in [2.75, 3.05) is 5.32 Å². The van der Waals surface area contributed by atoms with E-state index >= 15 is 0 Å². The van der Waals surface area contributed by atoms with Gasteiger partial charge in [0.1, 0.15) is 0 Å². The lowest BCUT2D eigenvalue weighted by Gasteiger charge is -2.09. The second kappa shape index (κ2) is 6.58. The fraction of sp³-hybridized carbons (Fsp3) is 0.222. The molecule has 0 unspecified atom stereocenters. The van der Waals surface area contributed by atoms with Crippen molar-refractivity contribution >= 4 is 17.5 Å². The van der Waals surface area contributed by atoms with Crippen LogP contribution in [0, 0.1) is 0 Å². The Morgan fingerprint density at radius 3 is 2.08 bits per heavy atom. The number of rotatable bonds is 4. The molecule has 3 rings (SSSR count). The molecule has 0 aliphatic heterocycles. The van der Waals surface area contributed by atoms with Crippen LogP contribution >= 0.6 is 0 Å². The van der Waals surface area contributed by atoms with Crippen LogP contribution in [0.4, 0.5) is 18.9 Å². The molecule has 25 heavy (non-hydrogen) atoms. The number of benzene rings is 2. The molecule has 0 bridgehead atoms. The van der Waals surface area contributed by atoms with Crippen LogP contribution in [0.1, 0.15) is 39.1 Å². The molecule has 0 radical (unpaired) electrons. The number of hydrogen-bond acceptors (Lipinski definition) is 2. The lowest BCUT2D eigenvalue weighted by molar-refractivity contribution is -0.137. The van der Waals surface area contributed by atoms with Crippen molar-refractivity contribution in [3.63, 3.8) is 0 Å². The molecule has 0 aromatic heterocycles. The van der Waals surface area contributed by atoms with Crippen LogP contribution in [0.25, 0.3) is 0 Å². The minimum Gasteiger partial charge on any atom is -0.349 e. The maximum absolute atomic E-state index is 12.5. The number of amides is 2. The van der Waals surface area contributed by atoms with Crippen LogP contribution in [0.3, 0.4) is 0 Å². The highest BCUT2D eigenvalue weighted by molar-refractivity contribution is 6.06. The third-order valence-electron chi connectivity index (χ3n) is 3.77. The van der Waals surface area contributed by atoms with Crippen molar-refractivity contribution in [1.29, 1.82) is 0 Å². The van der Waals surface area contributed by atoms with Gasteiger partial charge in [0, 0.05) is 22.9 Å². The molecule has 1 fully saturated rings. The zero-order valence-electron chi connectivity index (χ0n) is 13.1. The van der Waals surface area contributed by atoms with Gasteiger partial charge in [0.2, 0.25) is 0 Å². The van der Waals surface area contributed by atoms with E-state index < -0.39 is 17.6 Å². The molecule has 2 amide bonds. The third-order valence-corrected chi connectivity index (χ3v) is 3.77. The topological polar surface area (TPSA) is 58.2 Å². The molecular weight excluding hydrogens is 333 g/mol. The molecule has 1 saturated carbocycles. The Kier molecular flexibility index (Phi) is 4.48. The summed E-state index contributed by atoms with van der Waals surface area (Å²) in [5.41, 5.74) is 0.0744. The van der Waals surface area contributed by atoms with Gasteiger partial charge in [-0.1, -0.05) is 6.07 Å². The van der Waals surface area contributed by atoms with Gasteiger partial charge in [-0.05, 0) is 55.3 Å². The summed E-state index contributed by atoms with van der Waals surface area (Å²) < 4.78 is 37.6. The van der Waals surface area contributed by atoms with E-state index in [1.165, 1.54) is 24.3 Å². The summed E-state index contributed by atoms with van der Waals surface area (Å²) in [5.74, 6) is -0.743. The summed E-state index contributed by atoms with van der Waals surface area (Å²) in [6.45, 7) is 0. The summed E-state index contributed by atoms with van der Waals surface area (Å²) in [5, 5.41) is 5.35. The molecule has 2 aromatic rings. The lowest BCUT2D eigenvalue weighted by Crippen LogP contribution is -2.25. The normalized spacial score (nSPS) is 14.0. The van der Waals surface area contributed by atoms with Crippen LogP contribution in [-0.2, 0) is 6.18 Å². The second-order valence-corrected chi connectivity index (χ2v) is 5.86. The predicted octanol–water partition coefficient (Wildman–Crippen LogP) is 3.85. The van der Waals surface area contributed by atoms with E-state index in [-0.39, 0.29) is 23.2 Å². The number of anilines is 1. The quantitative estimate of drug-likeness (QED) is 0.882. The molecule has 2 aromatic carbocycles. The van der Waals surface area contributed by atoms with E-state index in [0.717, 1.165) is 25.0 Å². The summed E-state index contributed by atoms with van der Waals surface area (Å²) in [6.07, 6.45) is -2.51. The number of hydrogen-bond donors (Lipinski definition) is 2. The standard InChI is InChI=1S/C18H15F3N2O2/c19-18(20,21)13-4-6-14(7-5-13)22-16(24)11-2-1-3-12(10-11)17(25)23-15-8-9-15/h1-7,10,15H,8-9H2,(H,22,24)(H,23,25). The number of alkyl halides is 3. The van der Waals surface area contributed by atoms with Crippen molar-refractivity contribution < 1.29 is 22.8 Å². The molecule has 7 heteroatoms. The van der Waals surface area contributed by atoms with Gasteiger partial charge in [-0.15, -0.1) is 0 Å². The molecule has 0 atom stereocenters. The molecule has 1 aliphatic carbocycles. The highest BCUT2D eigenvalue weighted by atomic mass is 19.4. The van der Waals surface area contributed by atoms with E-state index in [0.29, 0.717) is 5.56 Å². The first-order valence-electron chi connectivity index (χ1n) is 7.72. The number of carbonyl (C=O) groups is 2. The molecule has 4 nitrogen and oxygen atoms in total. The van der Waals surface area contributed by atoms with Gasteiger partial charge in [0.15, 0.2) is 0 Å². The van der Waals surface area contributed by atoms with Crippen molar-refractivity contribution in [2.45, 2.75) is 25.1 Å². The van der Waals surface area contributed by atoms with E-state index in [4.69, 9.17) is 0 Å². The average Bonchev–Trinajstić information content (AvgIpc) is 3.38. The van der Waals surface area contributed by atoms with Crippen LogP contribution in [0.2, 0.25) is 0 Å². The molecular formula is C18H15F3N2O2. The van der Waals surface area contributed by atoms with Gasteiger partial charge < -0.3 is 10.6 Å². The van der Waals surface area contributed by atoms with Gasteiger partial charge in [0.25, 0.3) is 11.8 Å². The first-order valence-corrected chi connectivity index (χ1v) is 7.72. The Morgan fingerprint density at radius 2 is 1.52 bits per heavy atom. The van der Waals surface area contributed by atoms with Crippen LogP contribution in [0.5, 0.6) is 0 Å². The molecule has 2 N–H and O–H groups in total. The summed E-state index contributed by atoms with van der Waals surface area (Å²) in [4.78, 5) is 24.3. The van der Waals surface area contributed by atoms with Gasteiger partial charge in [-0.25, -0.2) is 0 Å². The summed E-state index contributed by atoms with van der Waals surface area (Å²) in [7, 11) is 0. The van der Waals surface area contributed by atoms with Crippen molar-refractivity contribution in [1.82, 2.24) is 5.32 Å². The van der Waals surface area contributed by atoms with Crippen molar-refractivity contribution in [2.24, 2.45) is 0 Å². The molecule has 0 saturated heterocycles. The SMILES string of the molecule is O=C(Nc1ccc(C(F)(F)F)cc1)c1cccc(C(=O)NC2CC2)c1. The Bertz CT molecular complexity index is 797. The van der Waals surface area contributed by atoms with Gasteiger partial charge in [0.05, 0.1) is 5.56 Å². The fourth-order valence-electron chi connectivity index (χ4n) is 2.24. The van der Waals surface area contributed by atoms with Crippen molar-refractivity contribution in [3.05, 3.63) is 65.2 Å². The second-order valence-electron chi connectivity index (χ2n) is 5.86. The van der Waals surface area contributed by atoms with E-state index in [9.17, 15) is 22.8 Å². The maximum atomic E-state index is 12.5. The number of carbonyl (C=O) groups excluding carboxylic acids is 2. The van der Waals surface area contributed by atoms with Gasteiger partial charge in [-0.3, -0.25) is 9.59 Å². The van der Waals surface area contributed by atoms with E-state index in [1.807, 2.05) is 0 Å². The Labute approximate surface area is 142 Å². The zero-order chi connectivity index (χ0) is 18.0. The van der Waals surface area contributed by atoms with E-state index in [1.54, 1.807) is 12.1 Å². The van der Waals surface area contributed by atoms with Crippen LogP contribution in [0.15, 0.2) is 48.5 Å². The third kappa shape index (κ3) is 4.37. The predicted molar refractivity (Wildman–Crippen MR) is 86.3 cm³/mol. The van der Waals surface area contributed by atoms with E-state index in [2.05, 4.69) is 10.6 Å². The highest BCUT2D eigenvalue weighted by Gasteiger charge is 2.30. The average molecular weight is 348 g/mol. The van der Waals surface area contributed by atoms with Crippen molar-refractivity contribution in [3.8, 4) is 0 Å². The molecule has 1 aliphatic rings. The first-order chi connectivity index (χ1) is 11.8. The number of halogens is 3. The fourth-order valence-corrected chi connectivity index (χ4v) is 2.24. The maximum Gasteiger partial charge on any atom is 0.416 e. The smallest absolute Gasteiger partial charge is 0.349 e. The zero-order valence-corrected chi connectivity index (χ0v) is 13.1. The van der Waals surface area contributed by atoms with Gasteiger partial charge in [-0.2, -0.15) is 13.2 Å². The van der Waals surface area contributed by atoms with Crippen LogP contribution in [-0.4, -0.2) is 17.9 Å². The highest BCUT2D eigenvalue weighted by Crippen LogP contribution is 2.29. The summed E-state index contributed by atoms with van der Waals surface area (Å²) in [6, 6.07) is 10.6. The molecule has 0 spiro atoms. The molecule has 0 heterocycles. The largest absolute Gasteiger partial charge is 0.416 e. The minimum absolute atomic E-state index is 0.206. The monoisotopic (exact) mass is 348 g/mol. The van der Waals surface area contributed by atoms with Gasteiger partial charge >= 0.3 is 6.18 Å². The Morgan fingerprint density at radius 1 is 0.920 bits per heavy atom. The minimum atomic E-state index is -4.42. The molecule has 130 valence electrons. The van der Waals surface area contributed by atoms with Crippen LogP contribution < -0.4 is 10.6 Å². The lowest BCUT2D eigenvalue weighted by atomic mass is 10.1. The Hall–Kier alpha value is -2.83. The first kappa shape index (κ1) is 17.0. The summed E-state index contributed by atoms with van der Waals surface area (Å²) >= 11 is 0. The number of nitrogens with one attached hydrogen (secondary N) is 2.